The smallest absolute Gasteiger partial charge is 0.373 e. The van der Waals surface area contributed by atoms with Crippen molar-refractivity contribution in [3.05, 3.63) is 17.7 Å². The molecule has 1 aliphatic heterocycles. The lowest BCUT2D eigenvalue weighted by Crippen LogP contribution is -2.33. The van der Waals surface area contributed by atoms with Crippen LogP contribution in [-0.2, 0) is 16.0 Å². The van der Waals surface area contributed by atoms with Crippen molar-refractivity contribution in [3.8, 4) is 0 Å². The molecule has 1 aromatic heterocycles. The van der Waals surface area contributed by atoms with E-state index in [9.17, 15) is 21.6 Å². The summed E-state index contributed by atoms with van der Waals surface area (Å²) in [7, 11) is -0.0686. The third-order valence-electron chi connectivity index (χ3n) is 3.51. The van der Waals surface area contributed by atoms with Crippen molar-refractivity contribution in [2.75, 3.05) is 35.8 Å². The summed E-state index contributed by atoms with van der Waals surface area (Å²) in [4.78, 5) is 5.58. The first-order chi connectivity index (χ1) is 9.62. The molecule has 9 heteroatoms. The molecule has 1 fully saturated rings. The van der Waals surface area contributed by atoms with E-state index in [-0.39, 0.29) is 29.2 Å². The summed E-state index contributed by atoms with van der Waals surface area (Å²) in [5.74, 6) is 0.194. The highest BCUT2D eigenvalue weighted by Gasteiger charge is 2.34. The Morgan fingerprint density at radius 1 is 1.38 bits per heavy atom. The average Bonchev–Trinajstić information content (AvgIpc) is 2.76. The monoisotopic (exact) mass is 323 g/mol. The molecule has 1 aromatic rings. The Balaban J connectivity index is 2.35. The van der Waals surface area contributed by atoms with E-state index in [0.717, 1.165) is 12.1 Å². The minimum Gasteiger partial charge on any atom is -0.373 e. The summed E-state index contributed by atoms with van der Waals surface area (Å²) < 4.78 is 61.6. The SMILES string of the molecule is CNc1cc(C(F)(F)F)cc(N(C)C2CCS(=O)(=O)C2)n1. The molecular formula is C12H16F3N3O2S. The molecule has 0 bridgehead atoms. The molecule has 0 aliphatic carbocycles. The van der Waals surface area contributed by atoms with Gasteiger partial charge in [0.1, 0.15) is 11.6 Å². The molecule has 118 valence electrons. The Kier molecular flexibility index (Phi) is 4.05. The molecule has 1 atom stereocenters. The standard InChI is InChI=1S/C12H16F3N3O2S/c1-16-10-5-8(12(13,14)15)6-11(17-10)18(2)9-3-4-21(19,20)7-9/h5-6,9H,3-4,7H2,1-2H3,(H,16,17). The van der Waals surface area contributed by atoms with E-state index >= 15 is 0 Å². The third kappa shape index (κ3) is 3.58. The normalized spacial score (nSPS) is 21.3. The topological polar surface area (TPSA) is 62.3 Å². The van der Waals surface area contributed by atoms with Crippen LogP contribution in [0, 0.1) is 0 Å². The Morgan fingerprint density at radius 3 is 2.52 bits per heavy atom. The zero-order chi connectivity index (χ0) is 15.8. The van der Waals surface area contributed by atoms with E-state index < -0.39 is 21.6 Å². The fraction of sp³-hybridized carbons (Fsp3) is 0.583. The molecule has 1 aliphatic rings. The van der Waals surface area contributed by atoms with Crippen LogP contribution in [-0.4, -0.2) is 45.0 Å². The van der Waals surface area contributed by atoms with Gasteiger partial charge in [0.2, 0.25) is 0 Å². The van der Waals surface area contributed by atoms with E-state index in [1.165, 1.54) is 11.9 Å². The van der Waals surface area contributed by atoms with Crippen molar-refractivity contribution in [1.29, 1.82) is 0 Å². The molecule has 1 saturated heterocycles. The summed E-state index contributed by atoms with van der Waals surface area (Å²) in [6.45, 7) is 0. The van der Waals surface area contributed by atoms with E-state index in [4.69, 9.17) is 0 Å². The van der Waals surface area contributed by atoms with Crippen LogP contribution in [0.5, 0.6) is 0 Å². The van der Waals surface area contributed by atoms with Crippen LogP contribution in [0.3, 0.4) is 0 Å². The van der Waals surface area contributed by atoms with Crippen LogP contribution >= 0.6 is 0 Å². The molecule has 0 amide bonds. The van der Waals surface area contributed by atoms with E-state index in [1.54, 1.807) is 7.05 Å². The van der Waals surface area contributed by atoms with Gasteiger partial charge in [-0.1, -0.05) is 0 Å². The van der Waals surface area contributed by atoms with Gasteiger partial charge in [0.25, 0.3) is 0 Å². The quantitative estimate of drug-likeness (QED) is 0.918. The molecule has 2 heterocycles. The van der Waals surface area contributed by atoms with Gasteiger partial charge in [0.05, 0.1) is 17.1 Å². The second kappa shape index (κ2) is 5.36. The number of pyridine rings is 1. The minimum atomic E-state index is -4.48. The summed E-state index contributed by atoms with van der Waals surface area (Å²) in [6, 6.07) is 1.50. The Labute approximate surface area is 121 Å². The maximum Gasteiger partial charge on any atom is 0.416 e. The molecule has 5 nitrogen and oxygen atoms in total. The molecule has 0 radical (unpaired) electrons. The molecule has 2 rings (SSSR count). The van der Waals surface area contributed by atoms with Crippen molar-refractivity contribution in [2.24, 2.45) is 0 Å². The van der Waals surface area contributed by atoms with Crippen LogP contribution in [0.15, 0.2) is 12.1 Å². The molecular weight excluding hydrogens is 307 g/mol. The number of aromatic nitrogens is 1. The number of anilines is 2. The molecule has 0 saturated carbocycles. The predicted molar refractivity (Wildman–Crippen MR) is 74.2 cm³/mol. The minimum absolute atomic E-state index is 0.0554. The van der Waals surface area contributed by atoms with Gasteiger partial charge >= 0.3 is 6.18 Å². The number of hydrogen-bond acceptors (Lipinski definition) is 5. The molecule has 1 unspecified atom stereocenters. The highest BCUT2D eigenvalue weighted by molar-refractivity contribution is 7.91. The van der Waals surface area contributed by atoms with Crippen LogP contribution in [0.2, 0.25) is 0 Å². The van der Waals surface area contributed by atoms with E-state index in [1.807, 2.05) is 0 Å². The Bertz CT molecular complexity index is 631. The Morgan fingerprint density at radius 2 is 2.05 bits per heavy atom. The number of nitrogens with zero attached hydrogens (tertiary/aromatic N) is 2. The summed E-state index contributed by atoms with van der Waals surface area (Å²) in [6.07, 6.45) is -4.09. The van der Waals surface area contributed by atoms with Crippen LogP contribution in [0.1, 0.15) is 12.0 Å². The average molecular weight is 323 g/mol. The van der Waals surface area contributed by atoms with Gasteiger partial charge in [-0.25, -0.2) is 13.4 Å². The first-order valence-corrected chi connectivity index (χ1v) is 8.15. The first-order valence-electron chi connectivity index (χ1n) is 6.33. The maximum atomic E-state index is 12.9. The molecule has 0 spiro atoms. The lowest BCUT2D eigenvalue weighted by molar-refractivity contribution is -0.137. The zero-order valence-electron chi connectivity index (χ0n) is 11.6. The first kappa shape index (κ1) is 15.9. The fourth-order valence-corrected chi connectivity index (χ4v) is 4.03. The lowest BCUT2D eigenvalue weighted by Gasteiger charge is -2.25. The van der Waals surface area contributed by atoms with E-state index in [2.05, 4.69) is 10.3 Å². The van der Waals surface area contributed by atoms with Crippen LogP contribution < -0.4 is 10.2 Å². The number of nitrogens with one attached hydrogen (secondary N) is 1. The molecule has 21 heavy (non-hydrogen) atoms. The number of rotatable bonds is 3. The third-order valence-corrected chi connectivity index (χ3v) is 5.26. The predicted octanol–water partition coefficient (Wildman–Crippen LogP) is 1.77. The van der Waals surface area contributed by atoms with Crippen molar-refractivity contribution < 1.29 is 21.6 Å². The van der Waals surface area contributed by atoms with Crippen LogP contribution in [0.4, 0.5) is 24.8 Å². The number of hydrogen-bond donors (Lipinski definition) is 1. The van der Waals surface area contributed by atoms with Crippen molar-refractivity contribution in [2.45, 2.75) is 18.6 Å². The van der Waals surface area contributed by atoms with Crippen molar-refractivity contribution >= 4 is 21.5 Å². The van der Waals surface area contributed by atoms with Gasteiger partial charge in [-0.2, -0.15) is 13.2 Å². The van der Waals surface area contributed by atoms with Crippen LogP contribution in [0.25, 0.3) is 0 Å². The maximum absolute atomic E-state index is 12.9. The van der Waals surface area contributed by atoms with Crippen molar-refractivity contribution in [1.82, 2.24) is 4.98 Å². The number of alkyl halides is 3. The zero-order valence-corrected chi connectivity index (χ0v) is 12.4. The second-order valence-corrected chi connectivity index (χ2v) is 7.24. The highest BCUT2D eigenvalue weighted by Crippen LogP contribution is 2.33. The summed E-state index contributed by atoms with van der Waals surface area (Å²) in [5, 5.41) is 2.59. The van der Waals surface area contributed by atoms with Crippen molar-refractivity contribution in [3.63, 3.8) is 0 Å². The second-order valence-electron chi connectivity index (χ2n) is 5.01. The van der Waals surface area contributed by atoms with E-state index in [0.29, 0.717) is 6.42 Å². The molecule has 0 aromatic carbocycles. The fourth-order valence-electron chi connectivity index (χ4n) is 2.26. The highest BCUT2D eigenvalue weighted by atomic mass is 32.2. The molecule has 1 N–H and O–H groups in total. The van der Waals surface area contributed by atoms with Gasteiger partial charge in [-0.3, -0.25) is 0 Å². The summed E-state index contributed by atoms with van der Waals surface area (Å²) in [5.41, 5.74) is -0.815. The van der Waals surface area contributed by atoms with Gasteiger partial charge in [0.15, 0.2) is 9.84 Å². The van der Waals surface area contributed by atoms with Gasteiger partial charge in [0, 0.05) is 20.1 Å². The number of sulfone groups is 1. The largest absolute Gasteiger partial charge is 0.416 e. The van der Waals surface area contributed by atoms with Gasteiger partial charge in [-0.15, -0.1) is 0 Å². The van der Waals surface area contributed by atoms with Gasteiger partial charge in [-0.05, 0) is 18.6 Å². The van der Waals surface area contributed by atoms with Gasteiger partial charge < -0.3 is 10.2 Å². The number of halogens is 3. The summed E-state index contributed by atoms with van der Waals surface area (Å²) >= 11 is 0. The lowest BCUT2D eigenvalue weighted by atomic mass is 10.2. The Hall–Kier alpha value is -1.51.